The quantitative estimate of drug-likeness (QED) is 0.510. The molecule has 16 heavy (non-hydrogen) atoms. The van der Waals surface area contributed by atoms with Gasteiger partial charge in [-0.05, 0) is 11.8 Å². The first-order valence-corrected chi connectivity index (χ1v) is 7.67. The monoisotopic (exact) mass is 271 g/mol. The molecule has 1 atom stereocenters. The van der Waals surface area contributed by atoms with Crippen LogP contribution in [0, 0.1) is 11.8 Å². The standard InChI is InChI=1S/C10H22ClNO3S/c1-9(2)7-15-5-4-12-16(13,14)8-10(3)6-11/h9-10,12H,4-8H2,1-3H3. The Labute approximate surface area is 104 Å². The summed E-state index contributed by atoms with van der Waals surface area (Å²) in [6, 6.07) is 0. The van der Waals surface area contributed by atoms with Crippen molar-refractivity contribution in [2.75, 3.05) is 31.4 Å². The minimum Gasteiger partial charge on any atom is -0.380 e. The zero-order valence-electron chi connectivity index (χ0n) is 10.2. The third kappa shape index (κ3) is 9.39. The summed E-state index contributed by atoms with van der Waals surface area (Å²) in [6.45, 7) is 7.29. The molecule has 0 saturated heterocycles. The van der Waals surface area contributed by atoms with Crippen LogP contribution in [0.25, 0.3) is 0 Å². The van der Waals surface area contributed by atoms with E-state index in [1.165, 1.54) is 0 Å². The van der Waals surface area contributed by atoms with Gasteiger partial charge in [0.1, 0.15) is 0 Å². The topological polar surface area (TPSA) is 55.4 Å². The molecule has 1 N–H and O–H groups in total. The highest BCUT2D eigenvalue weighted by Gasteiger charge is 2.14. The van der Waals surface area contributed by atoms with Crippen molar-refractivity contribution >= 4 is 21.6 Å². The summed E-state index contributed by atoms with van der Waals surface area (Å²) < 4.78 is 30.7. The smallest absolute Gasteiger partial charge is 0.211 e. The summed E-state index contributed by atoms with van der Waals surface area (Å²) in [5.74, 6) is 0.856. The van der Waals surface area contributed by atoms with Crippen molar-refractivity contribution in [3.05, 3.63) is 0 Å². The lowest BCUT2D eigenvalue weighted by Gasteiger charge is -2.11. The molecule has 0 aromatic carbocycles. The van der Waals surface area contributed by atoms with E-state index in [9.17, 15) is 8.42 Å². The maximum atomic E-state index is 11.5. The Balaban J connectivity index is 3.67. The molecule has 98 valence electrons. The summed E-state index contributed by atoms with van der Waals surface area (Å²) >= 11 is 5.56. The van der Waals surface area contributed by atoms with E-state index in [0.29, 0.717) is 31.6 Å². The minimum absolute atomic E-state index is 0.0317. The van der Waals surface area contributed by atoms with E-state index in [-0.39, 0.29) is 11.7 Å². The van der Waals surface area contributed by atoms with Crippen LogP contribution in [0.1, 0.15) is 20.8 Å². The summed E-state index contributed by atoms with van der Waals surface area (Å²) in [6.07, 6.45) is 0. The van der Waals surface area contributed by atoms with Crippen molar-refractivity contribution in [2.24, 2.45) is 11.8 Å². The summed E-state index contributed by atoms with van der Waals surface area (Å²) in [5, 5.41) is 0. The van der Waals surface area contributed by atoms with Gasteiger partial charge in [-0.15, -0.1) is 11.6 Å². The van der Waals surface area contributed by atoms with Crippen LogP contribution in [0.15, 0.2) is 0 Å². The molecule has 4 nitrogen and oxygen atoms in total. The Hall–Kier alpha value is 0.160. The molecule has 0 spiro atoms. The number of alkyl halides is 1. The number of nitrogens with one attached hydrogen (secondary N) is 1. The van der Waals surface area contributed by atoms with Crippen molar-refractivity contribution in [3.8, 4) is 0 Å². The van der Waals surface area contributed by atoms with Crippen LogP contribution in [0.3, 0.4) is 0 Å². The SMILES string of the molecule is CC(C)COCCNS(=O)(=O)CC(C)CCl. The fourth-order valence-electron chi connectivity index (χ4n) is 1.07. The van der Waals surface area contributed by atoms with Crippen LogP contribution < -0.4 is 4.72 Å². The van der Waals surface area contributed by atoms with Crippen molar-refractivity contribution in [1.29, 1.82) is 0 Å². The van der Waals surface area contributed by atoms with Crippen molar-refractivity contribution in [3.63, 3.8) is 0 Å². The first-order valence-electron chi connectivity index (χ1n) is 5.48. The highest BCUT2D eigenvalue weighted by atomic mass is 35.5. The van der Waals surface area contributed by atoms with E-state index in [1.807, 2.05) is 20.8 Å². The predicted octanol–water partition coefficient (Wildman–Crippen LogP) is 1.45. The maximum Gasteiger partial charge on any atom is 0.211 e. The first kappa shape index (κ1) is 16.2. The van der Waals surface area contributed by atoms with Gasteiger partial charge in [-0.2, -0.15) is 0 Å². The van der Waals surface area contributed by atoms with Crippen LogP contribution in [0.2, 0.25) is 0 Å². The first-order chi connectivity index (χ1) is 7.37. The Morgan fingerprint density at radius 1 is 1.31 bits per heavy atom. The average Bonchev–Trinajstić information content (AvgIpc) is 2.15. The molecule has 0 aromatic rings. The second kappa shape index (κ2) is 8.28. The van der Waals surface area contributed by atoms with Gasteiger partial charge in [0.2, 0.25) is 10.0 Å². The van der Waals surface area contributed by atoms with Gasteiger partial charge in [-0.1, -0.05) is 20.8 Å². The molecule has 0 aliphatic carbocycles. The second-order valence-electron chi connectivity index (χ2n) is 4.40. The molecular weight excluding hydrogens is 250 g/mol. The van der Waals surface area contributed by atoms with Gasteiger partial charge < -0.3 is 4.74 Å². The Morgan fingerprint density at radius 3 is 2.44 bits per heavy atom. The normalized spacial score (nSPS) is 14.3. The lowest BCUT2D eigenvalue weighted by molar-refractivity contribution is 0.114. The highest BCUT2D eigenvalue weighted by Crippen LogP contribution is 2.01. The van der Waals surface area contributed by atoms with Crippen LogP contribution in [0.5, 0.6) is 0 Å². The summed E-state index contributed by atoms with van der Waals surface area (Å²) in [4.78, 5) is 0. The molecule has 0 fully saturated rings. The van der Waals surface area contributed by atoms with Gasteiger partial charge in [-0.3, -0.25) is 0 Å². The summed E-state index contributed by atoms with van der Waals surface area (Å²) in [5.41, 5.74) is 0. The Bertz CT molecular complexity index is 267. The van der Waals surface area contributed by atoms with Gasteiger partial charge in [0.25, 0.3) is 0 Å². The number of ether oxygens (including phenoxy) is 1. The van der Waals surface area contributed by atoms with E-state index in [4.69, 9.17) is 16.3 Å². The van der Waals surface area contributed by atoms with E-state index in [0.717, 1.165) is 0 Å². The van der Waals surface area contributed by atoms with Crippen LogP contribution >= 0.6 is 11.6 Å². The van der Waals surface area contributed by atoms with Crippen LogP contribution in [-0.2, 0) is 14.8 Å². The maximum absolute atomic E-state index is 11.5. The molecule has 0 aliphatic rings. The third-order valence-electron chi connectivity index (χ3n) is 1.79. The van der Waals surface area contributed by atoms with Crippen molar-refractivity contribution in [2.45, 2.75) is 20.8 Å². The molecule has 0 aromatic heterocycles. The molecule has 0 radical (unpaired) electrons. The largest absolute Gasteiger partial charge is 0.380 e. The average molecular weight is 272 g/mol. The highest BCUT2D eigenvalue weighted by molar-refractivity contribution is 7.89. The molecule has 0 saturated carbocycles. The molecule has 0 heterocycles. The second-order valence-corrected chi connectivity index (χ2v) is 6.56. The predicted molar refractivity (Wildman–Crippen MR) is 67.3 cm³/mol. The molecule has 0 amide bonds. The lowest BCUT2D eigenvalue weighted by atomic mass is 10.2. The van der Waals surface area contributed by atoms with Crippen LogP contribution in [-0.4, -0.2) is 39.8 Å². The molecule has 0 rings (SSSR count). The molecule has 0 bridgehead atoms. The number of hydrogen-bond acceptors (Lipinski definition) is 3. The van der Waals surface area contributed by atoms with Gasteiger partial charge in [0.05, 0.1) is 12.4 Å². The molecule has 6 heteroatoms. The van der Waals surface area contributed by atoms with Gasteiger partial charge in [0.15, 0.2) is 0 Å². The van der Waals surface area contributed by atoms with E-state index in [1.54, 1.807) is 0 Å². The van der Waals surface area contributed by atoms with E-state index in [2.05, 4.69) is 4.72 Å². The zero-order chi connectivity index (χ0) is 12.6. The van der Waals surface area contributed by atoms with E-state index < -0.39 is 10.0 Å². The van der Waals surface area contributed by atoms with Gasteiger partial charge >= 0.3 is 0 Å². The lowest BCUT2D eigenvalue weighted by Crippen LogP contribution is -2.32. The third-order valence-corrected chi connectivity index (χ3v) is 3.97. The zero-order valence-corrected chi connectivity index (χ0v) is 11.8. The molecular formula is C10H22ClNO3S. The Morgan fingerprint density at radius 2 is 1.94 bits per heavy atom. The fraction of sp³-hybridized carbons (Fsp3) is 1.00. The van der Waals surface area contributed by atoms with Crippen LogP contribution in [0.4, 0.5) is 0 Å². The molecule has 1 unspecified atom stereocenters. The number of halogens is 1. The van der Waals surface area contributed by atoms with Gasteiger partial charge in [0, 0.05) is 19.0 Å². The Kier molecular flexibility index (Phi) is 8.36. The fourth-order valence-corrected chi connectivity index (χ4v) is 2.68. The molecule has 0 aliphatic heterocycles. The number of hydrogen-bond donors (Lipinski definition) is 1. The van der Waals surface area contributed by atoms with E-state index >= 15 is 0 Å². The minimum atomic E-state index is -3.21. The summed E-state index contributed by atoms with van der Waals surface area (Å²) in [7, 11) is -3.21. The van der Waals surface area contributed by atoms with Gasteiger partial charge in [-0.25, -0.2) is 13.1 Å². The number of rotatable bonds is 9. The van der Waals surface area contributed by atoms with Crippen molar-refractivity contribution < 1.29 is 13.2 Å². The number of sulfonamides is 1. The van der Waals surface area contributed by atoms with Crippen molar-refractivity contribution in [1.82, 2.24) is 4.72 Å².